The number of hydrogen-bond acceptors (Lipinski definition) is 4. The van der Waals surface area contributed by atoms with Gasteiger partial charge in [-0.1, -0.05) is 12.1 Å². The number of hydrogen-bond donors (Lipinski definition) is 2. The van der Waals surface area contributed by atoms with Gasteiger partial charge in [0.1, 0.15) is 0 Å². The quantitative estimate of drug-likeness (QED) is 0.595. The van der Waals surface area contributed by atoms with Crippen LogP contribution in [-0.4, -0.2) is 54.2 Å². The fourth-order valence-electron chi connectivity index (χ4n) is 2.88. The van der Waals surface area contributed by atoms with Crippen LogP contribution in [0, 0.1) is 0 Å². The summed E-state index contributed by atoms with van der Waals surface area (Å²) >= 11 is 5.46. The van der Waals surface area contributed by atoms with Gasteiger partial charge in [-0.3, -0.25) is 0 Å². The average Bonchev–Trinajstić information content (AvgIpc) is 2.62. The van der Waals surface area contributed by atoms with Crippen molar-refractivity contribution >= 4 is 35.0 Å². The summed E-state index contributed by atoms with van der Waals surface area (Å²) in [4.78, 5) is 27.7. The Morgan fingerprint density at radius 3 is 2.41 bits per heavy atom. The molecule has 1 aliphatic rings. The third kappa shape index (κ3) is 4.57. The molecule has 1 aromatic rings. The Kier molecular flexibility index (Phi) is 6.79. The number of thiocarbonyl (C=S) groups is 1. The number of esters is 1. The van der Waals surface area contributed by atoms with Gasteiger partial charge >= 0.3 is 12.0 Å². The van der Waals surface area contributed by atoms with Crippen LogP contribution in [0.4, 0.5) is 10.5 Å². The fourth-order valence-corrected chi connectivity index (χ4v) is 3.26. The van der Waals surface area contributed by atoms with Crippen molar-refractivity contribution in [3.05, 3.63) is 41.1 Å². The summed E-state index contributed by atoms with van der Waals surface area (Å²) in [7, 11) is 3.35. The zero-order valence-corrected chi connectivity index (χ0v) is 17.1. The van der Waals surface area contributed by atoms with Crippen LogP contribution >= 0.6 is 12.2 Å². The van der Waals surface area contributed by atoms with E-state index in [0.29, 0.717) is 29.5 Å². The van der Waals surface area contributed by atoms with Gasteiger partial charge in [-0.05, 0) is 50.7 Å². The molecule has 1 aliphatic heterocycles. The highest BCUT2D eigenvalue weighted by Crippen LogP contribution is 2.31. The molecule has 0 unspecified atom stereocenters. The number of anilines is 1. The molecule has 2 N–H and O–H groups in total. The molecule has 1 aromatic carbocycles. The monoisotopic (exact) mass is 390 g/mol. The van der Waals surface area contributed by atoms with Crippen LogP contribution in [0.25, 0.3) is 0 Å². The van der Waals surface area contributed by atoms with Gasteiger partial charge in [0.15, 0.2) is 5.11 Å². The number of ether oxygens (including phenoxy) is 1. The lowest BCUT2D eigenvalue weighted by molar-refractivity contribution is -0.139. The van der Waals surface area contributed by atoms with Gasteiger partial charge in [0.2, 0.25) is 0 Å². The Morgan fingerprint density at radius 1 is 1.26 bits per heavy atom. The number of nitrogens with zero attached hydrogens (tertiary/aromatic N) is 2. The Morgan fingerprint density at radius 2 is 1.89 bits per heavy atom. The number of rotatable bonds is 5. The molecule has 0 aromatic heterocycles. The summed E-state index contributed by atoms with van der Waals surface area (Å²) < 4.78 is 5.27. The molecule has 0 bridgehead atoms. The van der Waals surface area contributed by atoms with Crippen LogP contribution in [0.5, 0.6) is 0 Å². The molecule has 0 saturated heterocycles. The number of amides is 2. The smallest absolute Gasteiger partial charge is 0.338 e. The summed E-state index contributed by atoms with van der Waals surface area (Å²) in [6.45, 7) is 6.59. The van der Waals surface area contributed by atoms with Crippen molar-refractivity contribution in [1.82, 2.24) is 15.1 Å². The van der Waals surface area contributed by atoms with E-state index in [1.807, 2.05) is 30.9 Å². The Bertz CT molecular complexity index is 759. The Hall–Kier alpha value is -2.61. The molecule has 8 heteroatoms. The second-order valence-electron chi connectivity index (χ2n) is 6.29. The minimum absolute atomic E-state index is 0.207. The van der Waals surface area contributed by atoms with Crippen molar-refractivity contribution in [1.29, 1.82) is 0 Å². The lowest BCUT2D eigenvalue weighted by Crippen LogP contribution is -2.47. The summed E-state index contributed by atoms with van der Waals surface area (Å²) in [6.07, 6.45) is 0. The van der Waals surface area contributed by atoms with Crippen molar-refractivity contribution in [3.8, 4) is 0 Å². The van der Waals surface area contributed by atoms with E-state index in [-0.39, 0.29) is 12.0 Å². The van der Waals surface area contributed by atoms with E-state index in [4.69, 9.17) is 17.0 Å². The fraction of sp³-hybridized carbons (Fsp3) is 0.421. The van der Waals surface area contributed by atoms with Gasteiger partial charge < -0.3 is 25.2 Å². The van der Waals surface area contributed by atoms with Crippen LogP contribution in [0.2, 0.25) is 0 Å². The maximum Gasteiger partial charge on any atom is 0.338 e. The highest BCUT2D eigenvalue weighted by atomic mass is 32.1. The summed E-state index contributed by atoms with van der Waals surface area (Å²) in [5, 5.41) is 6.59. The molecular formula is C19H26N4O3S. The van der Waals surface area contributed by atoms with Gasteiger partial charge in [0.25, 0.3) is 0 Å². The van der Waals surface area contributed by atoms with Crippen LogP contribution < -0.4 is 10.6 Å². The van der Waals surface area contributed by atoms with Crippen molar-refractivity contribution in [2.45, 2.75) is 26.8 Å². The first-order chi connectivity index (χ1) is 12.8. The van der Waals surface area contributed by atoms with Gasteiger partial charge in [-0.15, -0.1) is 0 Å². The van der Waals surface area contributed by atoms with Crippen molar-refractivity contribution in [2.24, 2.45) is 0 Å². The SMILES string of the molecule is CCOC(=O)C1=C(C)N(CC)C(=S)N[C@H]1c1ccc(NC(=O)N(C)C)cc1. The lowest BCUT2D eigenvalue weighted by Gasteiger charge is -2.37. The molecule has 0 spiro atoms. The van der Waals surface area contributed by atoms with Crippen molar-refractivity contribution in [3.63, 3.8) is 0 Å². The van der Waals surface area contributed by atoms with Crippen LogP contribution in [-0.2, 0) is 9.53 Å². The number of carbonyl (C=O) groups is 2. The number of allylic oxidation sites excluding steroid dienone is 1. The molecule has 1 atom stereocenters. The van der Waals surface area contributed by atoms with Gasteiger partial charge in [-0.2, -0.15) is 0 Å². The molecule has 1 heterocycles. The van der Waals surface area contributed by atoms with E-state index in [2.05, 4.69) is 10.6 Å². The summed E-state index contributed by atoms with van der Waals surface area (Å²) in [5.74, 6) is -0.363. The van der Waals surface area contributed by atoms with Crippen LogP contribution in [0.1, 0.15) is 32.4 Å². The molecule has 146 valence electrons. The average molecular weight is 391 g/mol. The Balaban J connectivity index is 2.36. The van der Waals surface area contributed by atoms with Crippen LogP contribution in [0.15, 0.2) is 35.5 Å². The lowest BCUT2D eigenvalue weighted by atomic mass is 9.95. The minimum Gasteiger partial charge on any atom is -0.463 e. The molecule has 7 nitrogen and oxygen atoms in total. The zero-order valence-electron chi connectivity index (χ0n) is 16.3. The standard InChI is InChI=1S/C19H26N4O3S/c1-6-23-12(3)15(17(24)26-7-2)16(21-19(23)27)13-8-10-14(11-9-13)20-18(25)22(4)5/h8-11,16H,6-7H2,1-5H3,(H,20,25)(H,21,27)/t16-/m0/s1. The molecule has 27 heavy (non-hydrogen) atoms. The molecule has 0 saturated carbocycles. The van der Waals surface area contributed by atoms with Gasteiger partial charge in [-0.25, -0.2) is 9.59 Å². The van der Waals surface area contributed by atoms with E-state index in [0.717, 1.165) is 11.3 Å². The van der Waals surface area contributed by atoms with Crippen LogP contribution in [0.3, 0.4) is 0 Å². The maximum absolute atomic E-state index is 12.6. The second kappa shape index (κ2) is 8.85. The van der Waals surface area contributed by atoms with E-state index in [1.54, 1.807) is 33.2 Å². The van der Waals surface area contributed by atoms with Crippen molar-refractivity contribution in [2.75, 3.05) is 32.6 Å². The Labute approximate surface area is 165 Å². The third-order valence-corrected chi connectivity index (χ3v) is 4.65. The van der Waals surface area contributed by atoms with E-state index in [9.17, 15) is 9.59 Å². The van der Waals surface area contributed by atoms with Gasteiger partial charge in [0.05, 0.1) is 18.2 Å². The molecule has 2 rings (SSSR count). The molecule has 0 radical (unpaired) electrons. The van der Waals surface area contributed by atoms with E-state index < -0.39 is 6.04 Å². The predicted molar refractivity (Wildman–Crippen MR) is 109 cm³/mol. The predicted octanol–water partition coefficient (Wildman–Crippen LogP) is 2.87. The minimum atomic E-state index is -0.405. The number of benzene rings is 1. The number of nitrogens with one attached hydrogen (secondary N) is 2. The highest BCUT2D eigenvalue weighted by Gasteiger charge is 2.34. The number of carbonyl (C=O) groups excluding carboxylic acids is 2. The first-order valence-electron chi connectivity index (χ1n) is 8.84. The number of urea groups is 1. The molecule has 0 fully saturated rings. The second-order valence-corrected chi connectivity index (χ2v) is 6.68. The normalized spacial score (nSPS) is 16.7. The van der Waals surface area contributed by atoms with E-state index in [1.165, 1.54) is 4.90 Å². The van der Waals surface area contributed by atoms with E-state index >= 15 is 0 Å². The van der Waals surface area contributed by atoms with Crippen molar-refractivity contribution < 1.29 is 14.3 Å². The molecule has 2 amide bonds. The summed E-state index contributed by atoms with van der Waals surface area (Å²) in [6, 6.07) is 6.70. The summed E-state index contributed by atoms with van der Waals surface area (Å²) in [5.41, 5.74) is 2.86. The zero-order chi connectivity index (χ0) is 20.1. The molecular weight excluding hydrogens is 364 g/mol. The largest absolute Gasteiger partial charge is 0.463 e. The maximum atomic E-state index is 12.6. The highest BCUT2D eigenvalue weighted by molar-refractivity contribution is 7.80. The topological polar surface area (TPSA) is 73.9 Å². The van der Waals surface area contributed by atoms with Gasteiger partial charge in [0, 0.05) is 32.0 Å². The first-order valence-corrected chi connectivity index (χ1v) is 9.25. The third-order valence-electron chi connectivity index (χ3n) is 4.31. The molecule has 0 aliphatic carbocycles. The first kappa shape index (κ1) is 20.7.